The van der Waals surface area contributed by atoms with Gasteiger partial charge >= 0.3 is 0 Å². The standard InChI is InChI=1S/3C17H33N3.4C16H31N3/c2*1-15(2)10-6-5-9-13-20-17(14-18-19-20)12-8-7-11-16(3)4;1-15(2)10-6-5-7-12-17-14-18-19-20(17)13-9-8-11-16(3)4;1-14(2)9-5-6-11-16-13-19(18-17-16)12-8-7-10-15(3)4;1-14(2)9-5-6-11-16-13-17-18-19(16)12-8-7-10-15(3)4;2*1-14(2)9-6-5-7-12-19-13-16(17-18-19)11-8-10-15(3)4/h3*14-16H,5-13H2,1-4H3;4*13-15H,5-12H2,1-4H3. The van der Waals surface area contributed by atoms with Gasteiger partial charge in [-0.05, 0) is 218 Å². The first-order chi connectivity index (χ1) is 65.1. The average molecular weight is 1900 g/mol. The van der Waals surface area contributed by atoms with Crippen LogP contribution >= 0.6 is 0 Å². The van der Waals surface area contributed by atoms with E-state index in [1.54, 1.807) is 0 Å². The van der Waals surface area contributed by atoms with Crippen molar-refractivity contribution in [2.45, 2.75) is 574 Å². The zero-order valence-electron chi connectivity index (χ0n) is 94.7. The Kier molecular flexibility index (Phi) is 79.7. The van der Waals surface area contributed by atoms with Crippen LogP contribution in [0, 0.1) is 82.9 Å². The molecule has 0 saturated carbocycles. The van der Waals surface area contributed by atoms with Crippen LogP contribution in [0.2, 0.25) is 0 Å². The van der Waals surface area contributed by atoms with E-state index in [1.165, 1.54) is 312 Å². The topological polar surface area (TPSA) is 215 Å². The zero-order valence-corrected chi connectivity index (χ0v) is 94.7. The fourth-order valence-corrected chi connectivity index (χ4v) is 16.6. The predicted octanol–water partition coefficient (Wildman–Crippen LogP) is 32.5. The Morgan fingerprint density at radius 3 is 0.537 bits per heavy atom. The van der Waals surface area contributed by atoms with Crippen molar-refractivity contribution in [2.24, 2.45) is 82.9 Å². The monoisotopic (exact) mass is 1900 g/mol. The summed E-state index contributed by atoms with van der Waals surface area (Å²) >= 11 is 0. The fourth-order valence-electron chi connectivity index (χ4n) is 16.6. The van der Waals surface area contributed by atoms with Crippen molar-refractivity contribution in [1.29, 1.82) is 0 Å². The molecule has 0 aliphatic carbocycles. The van der Waals surface area contributed by atoms with Gasteiger partial charge in [0.25, 0.3) is 0 Å². The molecular formula is C115H223N21. The van der Waals surface area contributed by atoms with Crippen molar-refractivity contribution in [3.05, 3.63) is 83.2 Å². The van der Waals surface area contributed by atoms with Crippen molar-refractivity contribution >= 4 is 0 Å². The van der Waals surface area contributed by atoms with E-state index >= 15 is 0 Å². The van der Waals surface area contributed by atoms with Crippen molar-refractivity contribution in [3.63, 3.8) is 0 Å². The Balaban J connectivity index is 0.000000793. The average Bonchev–Trinajstić information content (AvgIpc) is 1.75. The molecule has 21 heteroatoms. The van der Waals surface area contributed by atoms with Crippen molar-refractivity contribution < 1.29 is 0 Å². The van der Waals surface area contributed by atoms with E-state index in [0.717, 1.165) is 191 Å². The van der Waals surface area contributed by atoms with Gasteiger partial charge in [-0.3, -0.25) is 14.0 Å². The van der Waals surface area contributed by atoms with E-state index in [2.05, 4.69) is 303 Å². The van der Waals surface area contributed by atoms with Gasteiger partial charge in [-0.15, -0.1) is 35.7 Å². The number of unbranched alkanes of at least 4 members (excludes halogenated alkanes) is 17. The normalized spacial score (nSPS) is 11.7. The van der Waals surface area contributed by atoms with Crippen LogP contribution in [0.5, 0.6) is 0 Å². The Hall–Kier alpha value is -6.02. The van der Waals surface area contributed by atoms with Crippen LogP contribution in [0.3, 0.4) is 0 Å². The molecule has 788 valence electrons. The Bertz CT molecular complexity index is 3370. The van der Waals surface area contributed by atoms with Gasteiger partial charge in [0.15, 0.2) is 0 Å². The summed E-state index contributed by atoms with van der Waals surface area (Å²) < 4.78 is 14.5. The molecule has 0 unspecified atom stereocenters. The molecule has 0 N–H and O–H groups in total. The van der Waals surface area contributed by atoms with Crippen LogP contribution in [-0.2, 0) is 90.8 Å². The number of nitrogens with zero attached hydrogens (tertiary/aromatic N) is 21. The minimum atomic E-state index is 0.788. The molecule has 7 heterocycles. The van der Waals surface area contributed by atoms with Gasteiger partial charge in [0, 0.05) is 64.4 Å². The summed E-state index contributed by atoms with van der Waals surface area (Å²) in [4.78, 5) is 0. The summed E-state index contributed by atoms with van der Waals surface area (Å²) in [6, 6.07) is 0. The number of hydrogen-bond acceptors (Lipinski definition) is 14. The van der Waals surface area contributed by atoms with E-state index in [9.17, 15) is 0 Å². The Labute approximate surface area is 839 Å². The first-order valence-electron chi connectivity index (χ1n) is 57.3. The van der Waals surface area contributed by atoms with Gasteiger partial charge in [-0.2, -0.15) is 0 Å². The minimum Gasteiger partial charge on any atom is -0.252 e. The molecule has 7 aromatic heterocycles. The van der Waals surface area contributed by atoms with Crippen LogP contribution in [0.15, 0.2) is 43.4 Å². The molecule has 0 atom stereocenters. The van der Waals surface area contributed by atoms with Gasteiger partial charge in [-0.25, -0.2) is 18.7 Å². The lowest BCUT2D eigenvalue weighted by Gasteiger charge is -2.08. The molecular weight excluding hydrogens is 1680 g/mol. The molecule has 0 amide bonds. The second-order valence-electron chi connectivity index (χ2n) is 46.5. The molecule has 7 rings (SSSR count). The van der Waals surface area contributed by atoms with Crippen molar-refractivity contribution in [3.8, 4) is 0 Å². The molecule has 136 heavy (non-hydrogen) atoms. The third kappa shape index (κ3) is 78.6. The van der Waals surface area contributed by atoms with Crippen molar-refractivity contribution in [2.75, 3.05) is 0 Å². The summed E-state index contributed by atoms with van der Waals surface area (Å²) in [5, 5.41) is 58.6. The van der Waals surface area contributed by atoms with E-state index in [1.807, 2.05) is 38.8 Å². The third-order valence-electron chi connectivity index (χ3n) is 25.4. The van der Waals surface area contributed by atoms with Crippen LogP contribution < -0.4 is 0 Å². The zero-order chi connectivity index (χ0) is 101. The second-order valence-corrected chi connectivity index (χ2v) is 46.5. The van der Waals surface area contributed by atoms with Crippen LogP contribution in [0.1, 0.15) is 523 Å². The smallest absolute Gasteiger partial charge is 0.0827 e. The molecule has 0 spiro atoms. The summed E-state index contributed by atoms with van der Waals surface area (Å²) in [6.07, 6.45) is 80.2. The lowest BCUT2D eigenvalue weighted by molar-refractivity contribution is 0.471. The largest absolute Gasteiger partial charge is 0.252 e. The summed E-state index contributed by atoms with van der Waals surface area (Å²) in [5.74, 6) is 11.4. The van der Waals surface area contributed by atoms with Crippen LogP contribution in [0.4, 0.5) is 0 Å². The number of rotatable bonds is 73. The van der Waals surface area contributed by atoms with E-state index in [-0.39, 0.29) is 0 Å². The number of aromatic nitrogens is 21. The molecule has 21 nitrogen and oxygen atoms in total. The lowest BCUT2D eigenvalue weighted by Crippen LogP contribution is -2.06. The molecule has 0 aliphatic heterocycles. The highest BCUT2D eigenvalue weighted by Gasteiger charge is 2.13. The van der Waals surface area contributed by atoms with Crippen LogP contribution in [0.25, 0.3) is 0 Å². The van der Waals surface area contributed by atoms with Gasteiger partial charge < -0.3 is 0 Å². The molecule has 0 aromatic carbocycles. The maximum Gasteiger partial charge on any atom is 0.0827 e. The predicted molar refractivity (Wildman–Crippen MR) is 582 cm³/mol. The van der Waals surface area contributed by atoms with E-state index in [0.29, 0.717) is 0 Å². The molecule has 7 aromatic rings. The highest BCUT2D eigenvalue weighted by Crippen LogP contribution is 2.22. The van der Waals surface area contributed by atoms with Crippen LogP contribution in [-0.4, -0.2) is 105 Å². The SMILES string of the molecule is CC(C)CCCCCc1cnnn1CCCCC(C)C.CC(C)CCCCCn1cc(CCCC(C)C)nn1.CC(C)CCCCCn1cc(CCCC(C)C)nn1.CC(C)CCCCCn1nncc1CCCCC(C)C.CC(C)CCCCCn1nncc1CCCCC(C)C.CC(C)CCCCc1cn(CCCCC(C)C)nn1.CC(C)CCCCc1cnnn1CCCCC(C)C. The summed E-state index contributed by atoms with van der Waals surface area (Å²) in [5.41, 5.74) is 8.74. The first-order valence-corrected chi connectivity index (χ1v) is 57.3. The molecule has 0 bridgehead atoms. The first kappa shape index (κ1) is 128. The van der Waals surface area contributed by atoms with Gasteiger partial charge in [0.2, 0.25) is 0 Å². The molecule has 0 aliphatic rings. The molecule has 0 saturated heterocycles. The highest BCUT2D eigenvalue weighted by molar-refractivity contribution is 4.98. The second kappa shape index (κ2) is 84.6. The summed E-state index contributed by atoms with van der Waals surface area (Å²) in [6.45, 7) is 71.3. The number of hydrogen-bond donors (Lipinski definition) is 0. The Morgan fingerprint density at radius 2 is 0.316 bits per heavy atom. The van der Waals surface area contributed by atoms with Gasteiger partial charge in [0.05, 0.1) is 64.6 Å². The van der Waals surface area contributed by atoms with Crippen molar-refractivity contribution in [1.82, 2.24) is 105 Å². The third-order valence-corrected chi connectivity index (χ3v) is 25.4. The maximum absolute atomic E-state index is 4.26. The maximum atomic E-state index is 4.26. The Morgan fingerprint density at radius 1 is 0.162 bits per heavy atom. The summed E-state index contributed by atoms with van der Waals surface area (Å²) in [7, 11) is 0. The van der Waals surface area contributed by atoms with Gasteiger partial charge in [0.1, 0.15) is 0 Å². The quantitative estimate of drug-likeness (QED) is 0.0324. The van der Waals surface area contributed by atoms with E-state index < -0.39 is 0 Å². The van der Waals surface area contributed by atoms with E-state index in [4.69, 9.17) is 0 Å². The molecule has 0 fully saturated rings. The highest BCUT2D eigenvalue weighted by atomic mass is 15.5. The number of aryl methyl sites for hydroxylation is 14. The van der Waals surface area contributed by atoms with Gasteiger partial charge in [-0.1, -0.05) is 429 Å². The molecule has 0 radical (unpaired) electrons. The fraction of sp³-hybridized carbons (Fsp3) is 0.878. The lowest BCUT2D eigenvalue weighted by atomic mass is 10.0. The minimum absolute atomic E-state index is 0.788.